The summed E-state index contributed by atoms with van der Waals surface area (Å²) in [5, 5.41) is 2.67. The molecule has 1 atom stereocenters. The maximum atomic E-state index is 14.2. The molecule has 2 aromatic rings. The lowest BCUT2D eigenvalue weighted by Gasteiger charge is -2.30. The van der Waals surface area contributed by atoms with Gasteiger partial charge in [-0.15, -0.1) is 0 Å². The normalized spacial score (nSPS) is 18.7. The van der Waals surface area contributed by atoms with Crippen molar-refractivity contribution < 1.29 is 27.4 Å². The van der Waals surface area contributed by atoms with Crippen molar-refractivity contribution in [2.45, 2.75) is 23.8 Å². The van der Waals surface area contributed by atoms with E-state index in [9.17, 15) is 18.0 Å². The number of hydrogen-bond donors (Lipinski definition) is 1. The van der Waals surface area contributed by atoms with Crippen molar-refractivity contribution in [1.29, 1.82) is 0 Å². The van der Waals surface area contributed by atoms with Crippen LogP contribution >= 0.6 is 46.8 Å². The number of rotatable bonds is 6. The van der Waals surface area contributed by atoms with Gasteiger partial charge in [-0.25, -0.2) is 4.40 Å². The SMILES string of the molecule is COC(NC(=O)c1ccc(C2=NSC(c3cc(Cl)cc(Cl)c3)(C(F)(F)F)C2)cc1Cl)OC. The van der Waals surface area contributed by atoms with Crippen LogP contribution in [-0.2, 0) is 14.2 Å². The van der Waals surface area contributed by atoms with Gasteiger partial charge in [-0.3, -0.25) is 4.79 Å². The minimum atomic E-state index is -4.64. The number of nitrogens with one attached hydrogen (secondary N) is 1. The zero-order chi connectivity index (χ0) is 23.7. The second-order valence-corrected chi connectivity index (χ2v) is 9.10. The van der Waals surface area contributed by atoms with E-state index in [4.69, 9.17) is 44.3 Å². The number of alkyl halides is 3. The first-order chi connectivity index (χ1) is 15.0. The van der Waals surface area contributed by atoms with Crippen LogP contribution in [0.2, 0.25) is 15.1 Å². The molecule has 0 radical (unpaired) electrons. The Morgan fingerprint density at radius 2 is 1.75 bits per heavy atom. The summed E-state index contributed by atoms with van der Waals surface area (Å²) in [6, 6.07) is 8.09. The zero-order valence-electron chi connectivity index (χ0n) is 16.6. The number of carbonyl (C=O) groups is 1. The van der Waals surface area contributed by atoms with Gasteiger partial charge < -0.3 is 14.8 Å². The third-order valence-electron chi connectivity index (χ3n) is 4.74. The molecule has 1 aliphatic rings. The predicted octanol–water partition coefficient (Wildman–Crippen LogP) is 6.25. The topological polar surface area (TPSA) is 59.9 Å². The summed E-state index contributed by atoms with van der Waals surface area (Å²) in [6.45, 7) is 0. The number of carbonyl (C=O) groups excluding carboxylic acids is 1. The lowest BCUT2D eigenvalue weighted by Crippen LogP contribution is -2.38. The van der Waals surface area contributed by atoms with Crippen LogP contribution in [0.25, 0.3) is 0 Å². The zero-order valence-corrected chi connectivity index (χ0v) is 19.7. The Balaban J connectivity index is 1.90. The number of halogens is 6. The molecule has 0 aromatic heterocycles. The molecule has 3 rings (SSSR count). The van der Waals surface area contributed by atoms with Gasteiger partial charge in [0.05, 0.1) is 16.3 Å². The highest BCUT2D eigenvalue weighted by Crippen LogP contribution is 2.57. The fourth-order valence-corrected chi connectivity index (χ4v) is 4.88. The minimum absolute atomic E-state index is 0.0361. The number of nitrogens with zero attached hydrogens (tertiary/aromatic N) is 1. The lowest BCUT2D eigenvalue weighted by molar-refractivity contribution is -0.159. The van der Waals surface area contributed by atoms with Crippen LogP contribution in [0.4, 0.5) is 13.2 Å². The van der Waals surface area contributed by atoms with Gasteiger partial charge in [0.15, 0.2) is 4.75 Å². The van der Waals surface area contributed by atoms with Gasteiger partial charge in [0, 0.05) is 30.7 Å². The molecule has 1 amide bonds. The second kappa shape index (κ2) is 9.79. The lowest BCUT2D eigenvalue weighted by atomic mass is 9.89. The molecule has 0 saturated heterocycles. The summed E-state index contributed by atoms with van der Waals surface area (Å²) in [4.78, 5) is 12.3. The molecular formula is C20H16Cl3F3N2O3S. The standard InChI is InChI=1S/C20H16Cl3F3N2O3S/c1-30-18(31-2)27-17(29)14-4-3-10(5-15(14)23)16-9-19(32-28-16,20(24,25)26)11-6-12(21)8-13(22)7-11/h3-8,18H,9H2,1-2H3,(H,27,29). The molecule has 1 heterocycles. The summed E-state index contributed by atoms with van der Waals surface area (Å²) in [7, 11) is 2.68. The van der Waals surface area contributed by atoms with Crippen LogP contribution in [0.15, 0.2) is 40.8 Å². The number of ether oxygens (including phenoxy) is 2. The van der Waals surface area contributed by atoms with Crippen LogP contribution < -0.4 is 5.32 Å². The molecule has 0 spiro atoms. The van der Waals surface area contributed by atoms with E-state index in [-0.39, 0.29) is 31.9 Å². The van der Waals surface area contributed by atoms with E-state index in [1.165, 1.54) is 50.6 Å². The quantitative estimate of drug-likeness (QED) is 0.356. The van der Waals surface area contributed by atoms with E-state index in [0.29, 0.717) is 17.5 Å². The molecule has 172 valence electrons. The third kappa shape index (κ3) is 5.03. The number of hydrogen-bond acceptors (Lipinski definition) is 5. The van der Waals surface area contributed by atoms with E-state index in [0.717, 1.165) is 0 Å². The van der Waals surface area contributed by atoms with Gasteiger partial charge in [-0.1, -0.05) is 40.9 Å². The first kappa shape index (κ1) is 25.1. The Morgan fingerprint density at radius 1 is 1.12 bits per heavy atom. The van der Waals surface area contributed by atoms with Gasteiger partial charge in [0.1, 0.15) is 0 Å². The van der Waals surface area contributed by atoms with Crippen LogP contribution in [0.3, 0.4) is 0 Å². The summed E-state index contributed by atoms with van der Waals surface area (Å²) < 4.78 is 54.2. The van der Waals surface area contributed by atoms with Crippen molar-refractivity contribution in [3.8, 4) is 0 Å². The van der Waals surface area contributed by atoms with Gasteiger partial charge in [-0.2, -0.15) is 13.2 Å². The Bertz CT molecular complexity index is 1040. The Morgan fingerprint density at radius 3 is 2.28 bits per heavy atom. The molecular weight excluding hydrogens is 512 g/mol. The van der Waals surface area contributed by atoms with Crippen LogP contribution in [0, 0.1) is 0 Å². The van der Waals surface area contributed by atoms with Crippen molar-refractivity contribution in [3.63, 3.8) is 0 Å². The number of amides is 1. The van der Waals surface area contributed by atoms with Crippen LogP contribution in [-0.4, -0.2) is 38.4 Å². The summed E-state index contributed by atoms with van der Waals surface area (Å²) in [6.07, 6.45) is -6.09. The average molecular weight is 528 g/mol. The van der Waals surface area contributed by atoms with Gasteiger partial charge in [-0.05, 0) is 53.4 Å². The molecule has 1 aliphatic heterocycles. The first-order valence-electron chi connectivity index (χ1n) is 8.95. The molecule has 0 fully saturated rings. The highest BCUT2D eigenvalue weighted by Gasteiger charge is 2.60. The molecule has 1 N–H and O–H groups in total. The Kier molecular flexibility index (Phi) is 7.69. The smallest absolute Gasteiger partial charge is 0.339 e. The second-order valence-electron chi connectivity index (χ2n) is 6.76. The molecule has 12 heteroatoms. The maximum Gasteiger partial charge on any atom is 0.409 e. The fourth-order valence-electron chi connectivity index (χ4n) is 3.12. The number of methoxy groups -OCH3 is 2. The van der Waals surface area contributed by atoms with Crippen molar-refractivity contribution in [2.75, 3.05) is 14.2 Å². The van der Waals surface area contributed by atoms with Crippen LogP contribution in [0.5, 0.6) is 0 Å². The van der Waals surface area contributed by atoms with E-state index >= 15 is 0 Å². The van der Waals surface area contributed by atoms with Crippen molar-refractivity contribution in [1.82, 2.24) is 5.32 Å². The Labute approximate surface area is 201 Å². The summed E-state index contributed by atoms with van der Waals surface area (Å²) >= 11 is 18.5. The molecule has 0 aliphatic carbocycles. The molecule has 2 aromatic carbocycles. The fraction of sp³-hybridized carbons (Fsp3) is 0.300. The van der Waals surface area contributed by atoms with E-state index < -0.39 is 29.7 Å². The summed E-state index contributed by atoms with van der Waals surface area (Å²) in [5.74, 6) is -0.573. The van der Waals surface area contributed by atoms with Crippen LogP contribution in [0.1, 0.15) is 27.9 Å². The van der Waals surface area contributed by atoms with Gasteiger partial charge in [0.2, 0.25) is 6.41 Å². The molecule has 0 bridgehead atoms. The van der Waals surface area contributed by atoms with Crippen molar-refractivity contribution >= 4 is 58.4 Å². The Hall–Kier alpha value is -1.49. The van der Waals surface area contributed by atoms with E-state index in [1.807, 2.05) is 0 Å². The third-order valence-corrected chi connectivity index (χ3v) is 6.72. The molecule has 32 heavy (non-hydrogen) atoms. The molecule has 1 unspecified atom stereocenters. The highest BCUT2D eigenvalue weighted by molar-refractivity contribution is 7.99. The van der Waals surface area contributed by atoms with E-state index in [2.05, 4.69) is 9.71 Å². The summed E-state index contributed by atoms with van der Waals surface area (Å²) in [5.41, 5.74) is 0.528. The average Bonchev–Trinajstić information content (AvgIpc) is 3.18. The van der Waals surface area contributed by atoms with E-state index in [1.54, 1.807) is 0 Å². The highest BCUT2D eigenvalue weighted by atomic mass is 35.5. The van der Waals surface area contributed by atoms with Gasteiger partial charge in [0.25, 0.3) is 5.91 Å². The molecule has 0 saturated carbocycles. The predicted molar refractivity (Wildman–Crippen MR) is 120 cm³/mol. The minimum Gasteiger partial charge on any atom is -0.339 e. The monoisotopic (exact) mass is 526 g/mol. The largest absolute Gasteiger partial charge is 0.409 e. The van der Waals surface area contributed by atoms with Crippen molar-refractivity contribution in [3.05, 3.63) is 68.2 Å². The van der Waals surface area contributed by atoms with Crippen molar-refractivity contribution in [2.24, 2.45) is 4.40 Å². The number of benzene rings is 2. The first-order valence-corrected chi connectivity index (χ1v) is 10.9. The maximum absolute atomic E-state index is 14.2. The van der Waals surface area contributed by atoms with Gasteiger partial charge >= 0.3 is 6.18 Å². The molecule has 5 nitrogen and oxygen atoms in total.